The number of carbonyl (C=O) groups is 1. The maximum Gasteiger partial charge on any atom is 0.239 e. The summed E-state index contributed by atoms with van der Waals surface area (Å²) < 4.78 is 0. The number of anilines is 1. The number of piperidine rings is 1. The molecule has 1 fully saturated rings. The monoisotopic (exact) mass is 383 g/mol. The SMILES string of the molecule is CN(CC(=O)NC1=NN(c2ccc(Cl)c(Cl)c2)CC1)[C@@H]1CCCNC1. The third-order valence-corrected chi connectivity index (χ3v) is 5.31. The molecule has 0 spiro atoms. The molecule has 1 aromatic carbocycles. The molecule has 0 aliphatic carbocycles. The minimum atomic E-state index is -0.0252. The molecular formula is C17H23Cl2N5O. The van der Waals surface area contributed by atoms with Crippen LogP contribution in [-0.2, 0) is 4.79 Å². The van der Waals surface area contributed by atoms with Crippen LogP contribution in [0.2, 0.25) is 10.0 Å². The van der Waals surface area contributed by atoms with Gasteiger partial charge >= 0.3 is 0 Å². The van der Waals surface area contributed by atoms with Crippen LogP contribution in [0.1, 0.15) is 19.3 Å². The van der Waals surface area contributed by atoms with Crippen LogP contribution < -0.4 is 15.6 Å². The molecule has 2 N–H and O–H groups in total. The number of nitrogens with zero attached hydrogens (tertiary/aromatic N) is 3. The van der Waals surface area contributed by atoms with Gasteiger partial charge in [-0.3, -0.25) is 14.7 Å². The number of halogens is 2. The van der Waals surface area contributed by atoms with Crippen LogP contribution in [0.5, 0.6) is 0 Å². The largest absolute Gasteiger partial charge is 0.315 e. The molecule has 0 unspecified atom stereocenters. The molecule has 3 rings (SSSR count). The summed E-state index contributed by atoms with van der Waals surface area (Å²) in [6.07, 6.45) is 2.98. The maximum atomic E-state index is 12.3. The van der Waals surface area contributed by atoms with E-state index in [0.717, 1.165) is 31.6 Å². The highest BCUT2D eigenvalue weighted by molar-refractivity contribution is 6.42. The van der Waals surface area contributed by atoms with E-state index in [1.54, 1.807) is 12.1 Å². The Morgan fingerprint density at radius 3 is 3.00 bits per heavy atom. The first-order valence-electron chi connectivity index (χ1n) is 8.54. The Hall–Kier alpha value is -1.34. The standard InChI is InChI=1S/C17H23Cl2N5O/c1-23(13-3-2-7-20-10-13)11-17(25)21-16-6-8-24(22-16)12-4-5-14(18)15(19)9-12/h4-5,9,13,20H,2-3,6-8,10-11H2,1H3,(H,21,22,25)/t13-/m1/s1. The van der Waals surface area contributed by atoms with Gasteiger partial charge in [-0.25, -0.2) is 0 Å². The van der Waals surface area contributed by atoms with Crippen LogP contribution in [-0.4, -0.2) is 55.9 Å². The molecular weight excluding hydrogens is 361 g/mol. The van der Waals surface area contributed by atoms with Crippen LogP contribution in [0.25, 0.3) is 0 Å². The molecule has 0 aromatic heterocycles. The first-order valence-corrected chi connectivity index (χ1v) is 9.29. The zero-order valence-corrected chi connectivity index (χ0v) is 15.8. The zero-order chi connectivity index (χ0) is 17.8. The van der Waals surface area contributed by atoms with E-state index in [2.05, 4.69) is 20.6 Å². The van der Waals surface area contributed by atoms with Crippen molar-refractivity contribution in [2.45, 2.75) is 25.3 Å². The van der Waals surface area contributed by atoms with Gasteiger partial charge in [-0.15, -0.1) is 0 Å². The highest BCUT2D eigenvalue weighted by Gasteiger charge is 2.22. The number of amides is 1. The lowest BCUT2D eigenvalue weighted by atomic mass is 10.1. The number of rotatable bonds is 4. The third kappa shape index (κ3) is 4.85. The van der Waals surface area contributed by atoms with Crippen molar-refractivity contribution in [1.82, 2.24) is 15.5 Å². The molecule has 136 valence electrons. The molecule has 2 aliphatic heterocycles. The first kappa shape index (κ1) is 18.5. The summed E-state index contributed by atoms with van der Waals surface area (Å²) in [6, 6.07) is 5.81. The molecule has 1 aromatic rings. The average molecular weight is 384 g/mol. The second-order valence-electron chi connectivity index (χ2n) is 6.48. The number of hydrogen-bond acceptors (Lipinski definition) is 5. The second-order valence-corrected chi connectivity index (χ2v) is 7.30. The van der Waals surface area contributed by atoms with Crippen molar-refractivity contribution in [2.75, 3.05) is 38.2 Å². The molecule has 6 nitrogen and oxygen atoms in total. The van der Waals surface area contributed by atoms with Crippen molar-refractivity contribution in [2.24, 2.45) is 5.10 Å². The molecule has 8 heteroatoms. The summed E-state index contributed by atoms with van der Waals surface area (Å²) in [7, 11) is 2.00. The molecule has 0 radical (unpaired) electrons. The molecule has 25 heavy (non-hydrogen) atoms. The molecule has 2 aliphatic rings. The van der Waals surface area contributed by atoms with Gasteiger partial charge in [0.1, 0.15) is 5.84 Å². The van der Waals surface area contributed by atoms with Gasteiger partial charge in [-0.05, 0) is 44.6 Å². The van der Waals surface area contributed by atoms with Gasteiger partial charge in [0, 0.05) is 25.6 Å². The quantitative estimate of drug-likeness (QED) is 0.837. The van der Waals surface area contributed by atoms with E-state index in [0.29, 0.717) is 41.4 Å². The van der Waals surface area contributed by atoms with E-state index in [1.165, 1.54) is 0 Å². The van der Waals surface area contributed by atoms with Gasteiger partial charge in [0.2, 0.25) is 5.91 Å². The Morgan fingerprint density at radius 2 is 2.28 bits per heavy atom. The summed E-state index contributed by atoms with van der Waals surface area (Å²) >= 11 is 12.0. The average Bonchev–Trinajstić information content (AvgIpc) is 3.06. The number of hydrazone groups is 1. The summed E-state index contributed by atoms with van der Waals surface area (Å²) in [4.78, 5) is 14.4. The molecule has 1 atom stereocenters. The normalized spacial score (nSPS) is 20.7. The molecule has 0 bridgehead atoms. The van der Waals surface area contributed by atoms with E-state index < -0.39 is 0 Å². The fourth-order valence-corrected chi connectivity index (χ4v) is 3.44. The van der Waals surface area contributed by atoms with Crippen LogP contribution in [0.4, 0.5) is 5.69 Å². The van der Waals surface area contributed by atoms with Gasteiger partial charge in [-0.2, -0.15) is 5.10 Å². The summed E-state index contributed by atoms with van der Waals surface area (Å²) in [5.41, 5.74) is 0.865. The number of carbonyl (C=O) groups excluding carboxylic acids is 1. The number of likely N-dealkylation sites (N-methyl/N-ethyl adjacent to an activating group) is 1. The van der Waals surface area contributed by atoms with Crippen molar-refractivity contribution in [3.05, 3.63) is 28.2 Å². The van der Waals surface area contributed by atoms with Gasteiger partial charge in [0.25, 0.3) is 0 Å². The fourth-order valence-electron chi connectivity index (χ4n) is 3.14. The molecule has 0 saturated carbocycles. The maximum absolute atomic E-state index is 12.3. The molecule has 1 saturated heterocycles. The Labute approximate surface area is 158 Å². The Bertz CT molecular complexity index is 660. The smallest absolute Gasteiger partial charge is 0.239 e. The van der Waals surface area contributed by atoms with Crippen molar-refractivity contribution < 1.29 is 4.79 Å². The number of amidine groups is 1. The summed E-state index contributed by atoms with van der Waals surface area (Å²) in [5, 5.41) is 13.6. The number of hydrogen-bond donors (Lipinski definition) is 2. The summed E-state index contributed by atoms with van der Waals surface area (Å²) in [6.45, 7) is 3.09. The van der Waals surface area contributed by atoms with E-state index in [1.807, 2.05) is 18.1 Å². The van der Waals surface area contributed by atoms with Crippen LogP contribution >= 0.6 is 23.2 Å². The van der Waals surface area contributed by atoms with Crippen LogP contribution in [0.3, 0.4) is 0 Å². The second kappa shape index (κ2) is 8.36. The van der Waals surface area contributed by atoms with Gasteiger partial charge in [0.15, 0.2) is 0 Å². The Balaban J connectivity index is 1.53. The van der Waals surface area contributed by atoms with Crippen molar-refractivity contribution in [1.29, 1.82) is 0 Å². The Morgan fingerprint density at radius 1 is 1.44 bits per heavy atom. The van der Waals surface area contributed by atoms with Crippen LogP contribution in [0, 0.1) is 0 Å². The van der Waals surface area contributed by atoms with Crippen molar-refractivity contribution in [3.63, 3.8) is 0 Å². The van der Waals surface area contributed by atoms with E-state index >= 15 is 0 Å². The lowest BCUT2D eigenvalue weighted by molar-refractivity contribution is -0.121. The van der Waals surface area contributed by atoms with E-state index in [-0.39, 0.29) is 5.91 Å². The predicted octanol–water partition coefficient (Wildman–Crippen LogP) is 2.32. The Kier molecular flexibility index (Phi) is 6.17. The number of benzene rings is 1. The van der Waals surface area contributed by atoms with Gasteiger partial charge in [-0.1, -0.05) is 23.2 Å². The lowest BCUT2D eigenvalue weighted by Crippen LogP contribution is -2.48. The summed E-state index contributed by atoms with van der Waals surface area (Å²) in [5.74, 6) is 0.661. The molecule has 2 heterocycles. The highest BCUT2D eigenvalue weighted by atomic mass is 35.5. The van der Waals surface area contributed by atoms with Crippen molar-refractivity contribution >= 4 is 40.6 Å². The predicted molar refractivity (Wildman–Crippen MR) is 103 cm³/mol. The van der Waals surface area contributed by atoms with Gasteiger partial charge in [0.05, 0.1) is 22.3 Å². The fraction of sp³-hybridized carbons (Fsp3) is 0.529. The minimum Gasteiger partial charge on any atom is -0.315 e. The molecule has 1 amide bonds. The highest BCUT2D eigenvalue weighted by Crippen LogP contribution is 2.28. The minimum absolute atomic E-state index is 0.0252. The lowest BCUT2D eigenvalue weighted by Gasteiger charge is -2.31. The van der Waals surface area contributed by atoms with E-state index in [4.69, 9.17) is 23.2 Å². The topological polar surface area (TPSA) is 60.0 Å². The first-order chi connectivity index (χ1) is 12.0. The third-order valence-electron chi connectivity index (χ3n) is 4.57. The van der Waals surface area contributed by atoms with Crippen molar-refractivity contribution in [3.8, 4) is 0 Å². The van der Waals surface area contributed by atoms with Gasteiger partial charge < -0.3 is 10.6 Å². The van der Waals surface area contributed by atoms with Crippen LogP contribution in [0.15, 0.2) is 23.3 Å². The van der Waals surface area contributed by atoms with E-state index in [9.17, 15) is 4.79 Å². The number of nitrogens with one attached hydrogen (secondary N) is 2. The zero-order valence-electron chi connectivity index (χ0n) is 14.3.